The summed E-state index contributed by atoms with van der Waals surface area (Å²) >= 11 is 13.6. The highest BCUT2D eigenvalue weighted by Gasteiger charge is 2.13. The van der Waals surface area contributed by atoms with Crippen LogP contribution in [0.5, 0.6) is 0 Å². The molecule has 0 saturated heterocycles. The molecule has 0 amide bonds. The third kappa shape index (κ3) is 3.90. The van der Waals surface area contributed by atoms with Crippen LogP contribution in [-0.2, 0) is 0 Å². The van der Waals surface area contributed by atoms with E-state index in [1.54, 1.807) is 30.0 Å². The Labute approximate surface area is 127 Å². The number of aliphatic hydroxyl groups excluding tert-OH is 1. The van der Waals surface area contributed by atoms with E-state index >= 15 is 0 Å². The molecule has 1 N–H and O–H groups in total. The van der Waals surface area contributed by atoms with Gasteiger partial charge >= 0.3 is 0 Å². The lowest BCUT2D eigenvalue weighted by molar-refractivity contribution is 0.204. The molecule has 1 nitrogen and oxygen atoms in total. The highest BCUT2D eigenvalue weighted by Crippen LogP contribution is 2.32. The van der Waals surface area contributed by atoms with Crippen molar-refractivity contribution in [1.29, 1.82) is 0 Å². The minimum absolute atomic E-state index is 0.432. The molecular formula is C15H14Cl2OS. The van der Waals surface area contributed by atoms with E-state index in [0.717, 1.165) is 4.90 Å². The number of benzene rings is 2. The van der Waals surface area contributed by atoms with Crippen molar-refractivity contribution in [3.05, 3.63) is 63.6 Å². The van der Waals surface area contributed by atoms with Crippen molar-refractivity contribution in [1.82, 2.24) is 0 Å². The zero-order valence-electron chi connectivity index (χ0n) is 10.4. The van der Waals surface area contributed by atoms with E-state index in [0.29, 0.717) is 21.4 Å². The third-order valence-electron chi connectivity index (χ3n) is 2.74. The molecule has 2 aromatic rings. The number of hydrogen-bond acceptors (Lipinski definition) is 2. The number of thioether (sulfide) groups is 1. The highest BCUT2D eigenvalue weighted by molar-refractivity contribution is 7.99. The Balaban J connectivity index is 2.05. The van der Waals surface area contributed by atoms with Gasteiger partial charge in [-0.2, -0.15) is 0 Å². The third-order valence-corrected chi connectivity index (χ3v) is 4.64. The van der Waals surface area contributed by atoms with Gasteiger partial charge < -0.3 is 5.11 Å². The Kier molecular flexibility index (Phi) is 5.17. The van der Waals surface area contributed by atoms with Gasteiger partial charge in [-0.25, -0.2) is 0 Å². The zero-order chi connectivity index (χ0) is 13.8. The summed E-state index contributed by atoms with van der Waals surface area (Å²) in [5.41, 5.74) is 1.88. The van der Waals surface area contributed by atoms with Crippen LogP contribution in [0.1, 0.15) is 17.2 Å². The summed E-state index contributed by atoms with van der Waals surface area (Å²) in [7, 11) is 0. The van der Waals surface area contributed by atoms with Crippen molar-refractivity contribution >= 4 is 35.0 Å². The quantitative estimate of drug-likeness (QED) is 0.790. The summed E-state index contributed by atoms with van der Waals surface area (Å²) in [6.07, 6.45) is -0.628. The van der Waals surface area contributed by atoms with Gasteiger partial charge in [0.2, 0.25) is 0 Å². The molecule has 1 atom stereocenters. The number of hydrogen-bond donors (Lipinski definition) is 1. The van der Waals surface area contributed by atoms with Crippen molar-refractivity contribution in [2.75, 3.05) is 5.75 Å². The Bertz CT molecular complexity index is 572. The molecule has 0 saturated carbocycles. The van der Waals surface area contributed by atoms with Crippen LogP contribution < -0.4 is 0 Å². The largest absolute Gasteiger partial charge is 0.387 e. The van der Waals surface area contributed by atoms with Gasteiger partial charge in [-0.15, -0.1) is 11.8 Å². The lowest BCUT2D eigenvalue weighted by atomic mass is 10.1. The summed E-state index contributed by atoms with van der Waals surface area (Å²) in [4.78, 5) is 1.14. The lowest BCUT2D eigenvalue weighted by Crippen LogP contribution is -2.01. The monoisotopic (exact) mass is 312 g/mol. The van der Waals surface area contributed by atoms with Gasteiger partial charge in [0, 0.05) is 16.2 Å². The van der Waals surface area contributed by atoms with Crippen LogP contribution >= 0.6 is 35.0 Å². The molecule has 0 aromatic heterocycles. The summed E-state index contributed by atoms with van der Waals surface area (Å²) in [5.74, 6) is 0.545. The summed E-state index contributed by atoms with van der Waals surface area (Å²) in [6, 6.07) is 13.5. The van der Waals surface area contributed by atoms with Crippen LogP contribution in [0.15, 0.2) is 47.4 Å². The number of aliphatic hydroxyl groups is 1. The van der Waals surface area contributed by atoms with E-state index in [9.17, 15) is 5.11 Å². The van der Waals surface area contributed by atoms with Crippen molar-refractivity contribution in [2.24, 2.45) is 0 Å². The Hall–Kier alpha value is -0.670. The smallest absolute Gasteiger partial charge is 0.0898 e. The first kappa shape index (κ1) is 14.7. The van der Waals surface area contributed by atoms with E-state index < -0.39 is 6.10 Å². The van der Waals surface area contributed by atoms with Crippen LogP contribution in [0.3, 0.4) is 0 Å². The molecule has 100 valence electrons. The highest BCUT2D eigenvalue weighted by atomic mass is 35.5. The molecule has 19 heavy (non-hydrogen) atoms. The molecule has 4 heteroatoms. The summed E-state index contributed by atoms with van der Waals surface area (Å²) in [6.45, 7) is 2.05. The van der Waals surface area contributed by atoms with E-state index in [1.807, 2.05) is 25.1 Å². The molecule has 0 heterocycles. The average molecular weight is 313 g/mol. The van der Waals surface area contributed by atoms with E-state index in [-0.39, 0.29) is 0 Å². The maximum Gasteiger partial charge on any atom is 0.0898 e. The Morgan fingerprint density at radius 3 is 2.63 bits per heavy atom. The standard InChI is InChI=1S/C15H14Cl2OS/c1-10-4-2-5-11(8-10)19-9-14(18)12-6-3-7-13(16)15(12)17/h2-8,14,18H,9H2,1H3. The van der Waals surface area contributed by atoms with Gasteiger partial charge in [-0.3, -0.25) is 0 Å². The van der Waals surface area contributed by atoms with Crippen LogP contribution in [0.4, 0.5) is 0 Å². The Morgan fingerprint density at radius 1 is 1.16 bits per heavy atom. The molecule has 0 aliphatic heterocycles. The second kappa shape index (κ2) is 6.67. The van der Waals surface area contributed by atoms with Gasteiger partial charge in [0.15, 0.2) is 0 Å². The van der Waals surface area contributed by atoms with Gasteiger partial charge in [0.1, 0.15) is 0 Å². The molecule has 2 aromatic carbocycles. The maximum atomic E-state index is 10.2. The van der Waals surface area contributed by atoms with Crippen LogP contribution in [0.25, 0.3) is 0 Å². The molecule has 0 bridgehead atoms. The van der Waals surface area contributed by atoms with E-state index in [1.165, 1.54) is 5.56 Å². The molecule has 0 aliphatic rings. The Morgan fingerprint density at radius 2 is 1.89 bits per heavy atom. The molecule has 1 unspecified atom stereocenters. The molecule has 0 spiro atoms. The van der Waals surface area contributed by atoms with Gasteiger partial charge in [0.25, 0.3) is 0 Å². The van der Waals surface area contributed by atoms with Crippen molar-refractivity contribution < 1.29 is 5.11 Å². The van der Waals surface area contributed by atoms with Gasteiger partial charge in [-0.1, -0.05) is 53.0 Å². The molecule has 0 aliphatic carbocycles. The fourth-order valence-electron chi connectivity index (χ4n) is 1.75. The second-order valence-corrected chi connectivity index (χ2v) is 6.16. The van der Waals surface area contributed by atoms with Crippen molar-refractivity contribution in [2.45, 2.75) is 17.9 Å². The van der Waals surface area contributed by atoms with Crippen LogP contribution in [-0.4, -0.2) is 10.9 Å². The van der Waals surface area contributed by atoms with Crippen LogP contribution in [0, 0.1) is 6.92 Å². The molecular weight excluding hydrogens is 299 g/mol. The topological polar surface area (TPSA) is 20.2 Å². The normalized spacial score (nSPS) is 12.4. The zero-order valence-corrected chi connectivity index (χ0v) is 12.8. The first-order valence-electron chi connectivity index (χ1n) is 5.89. The number of halogens is 2. The fraction of sp³-hybridized carbons (Fsp3) is 0.200. The number of rotatable bonds is 4. The average Bonchev–Trinajstić information content (AvgIpc) is 2.39. The maximum absolute atomic E-state index is 10.2. The van der Waals surface area contributed by atoms with E-state index in [4.69, 9.17) is 23.2 Å². The predicted molar refractivity (Wildman–Crippen MR) is 83.3 cm³/mol. The summed E-state index contributed by atoms with van der Waals surface area (Å²) < 4.78 is 0. The van der Waals surface area contributed by atoms with E-state index in [2.05, 4.69) is 6.07 Å². The SMILES string of the molecule is Cc1cccc(SCC(O)c2cccc(Cl)c2Cl)c1. The van der Waals surface area contributed by atoms with Crippen molar-refractivity contribution in [3.8, 4) is 0 Å². The molecule has 2 rings (SSSR count). The molecule has 0 radical (unpaired) electrons. The van der Waals surface area contributed by atoms with Crippen LogP contribution in [0.2, 0.25) is 10.0 Å². The minimum atomic E-state index is -0.628. The number of aryl methyl sites for hydroxylation is 1. The molecule has 0 fully saturated rings. The van der Waals surface area contributed by atoms with Gasteiger partial charge in [0.05, 0.1) is 16.1 Å². The van der Waals surface area contributed by atoms with Gasteiger partial charge in [-0.05, 0) is 25.1 Å². The first-order chi connectivity index (χ1) is 9.08. The summed E-state index contributed by atoms with van der Waals surface area (Å²) in [5, 5.41) is 11.1. The first-order valence-corrected chi connectivity index (χ1v) is 7.63. The lowest BCUT2D eigenvalue weighted by Gasteiger charge is -2.13. The van der Waals surface area contributed by atoms with Crippen molar-refractivity contribution in [3.63, 3.8) is 0 Å². The second-order valence-electron chi connectivity index (χ2n) is 4.29. The minimum Gasteiger partial charge on any atom is -0.387 e. The predicted octanol–water partition coefficient (Wildman–Crippen LogP) is 5.13. The fourth-order valence-corrected chi connectivity index (χ4v) is 3.16.